The molecule has 0 aromatic heterocycles. The molecule has 1 aliphatic heterocycles. The molecule has 0 aliphatic carbocycles. The number of amides is 2. The molecule has 0 saturated carbocycles. The monoisotopic (exact) mass is 304 g/mol. The Morgan fingerprint density at radius 2 is 2.14 bits per heavy atom. The van der Waals surface area contributed by atoms with Crippen LogP contribution in [0.2, 0.25) is 0 Å². The molecule has 21 heavy (non-hydrogen) atoms. The number of carbonyl (C=O) groups excluding carboxylic acids is 2. The van der Waals surface area contributed by atoms with E-state index in [2.05, 4.69) is 6.58 Å². The first-order chi connectivity index (χ1) is 9.93. The van der Waals surface area contributed by atoms with Crippen molar-refractivity contribution in [2.45, 2.75) is 6.92 Å². The molecule has 6 nitrogen and oxygen atoms in total. The Labute approximate surface area is 125 Å². The molecule has 2 amide bonds. The average molecular weight is 304 g/mol. The molecule has 1 aromatic rings. The Bertz CT molecular complexity index is 682. The van der Waals surface area contributed by atoms with E-state index < -0.39 is 10.8 Å². The van der Waals surface area contributed by atoms with Gasteiger partial charge in [0.25, 0.3) is 16.8 Å². The van der Waals surface area contributed by atoms with Gasteiger partial charge in [-0.2, -0.15) is 0 Å². The summed E-state index contributed by atoms with van der Waals surface area (Å²) in [7, 11) is 0. The Morgan fingerprint density at radius 3 is 2.76 bits per heavy atom. The van der Waals surface area contributed by atoms with Gasteiger partial charge in [-0.3, -0.25) is 24.6 Å². The lowest BCUT2D eigenvalue weighted by molar-refractivity contribution is -0.385. The molecule has 1 aliphatic rings. The number of benzene rings is 1. The summed E-state index contributed by atoms with van der Waals surface area (Å²) in [5.41, 5.74) is 1.03. The van der Waals surface area contributed by atoms with E-state index in [0.717, 1.165) is 16.7 Å². The van der Waals surface area contributed by atoms with Crippen molar-refractivity contribution in [3.8, 4) is 0 Å². The third kappa shape index (κ3) is 3.03. The average Bonchev–Trinajstić information content (AvgIpc) is 2.69. The van der Waals surface area contributed by atoms with Gasteiger partial charge < -0.3 is 0 Å². The number of hydrogen-bond donors (Lipinski definition) is 0. The predicted octanol–water partition coefficient (Wildman–Crippen LogP) is 3.13. The van der Waals surface area contributed by atoms with Gasteiger partial charge in [-0.1, -0.05) is 18.2 Å². The largest absolute Gasteiger partial charge is 0.293 e. The maximum Gasteiger partial charge on any atom is 0.293 e. The first-order valence-corrected chi connectivity index (χ1v) is 6.87. The molecule has 1 saturated heterocycles. The first kappa shape index (κ1) is 15.0. The number of carbonyl (C=O) groups is 2. The van der Waals surface area contributed by atoms with Crippen LogP contribution in [0.1, 0.15) is 11.1 Å². The van der Waals surface area contributed by atoms with Crippen LogP contribution in [0.3, 0.4) is 0 Å². The van der Waals surface area contributed by atoms with E-state index in [9.17, 15) is 19.7 Å². The van der Waals surface area contributed by atoms with Gasteiger partial charge in [0.2, 0.25) is 0 Å². The van der Waals surface area contributed by atoms with Crippen molar-refractivity contribution >= 4 is 34.7 Å². The number of nitro benzene ring substituents is 1. The van der Waals surface area contributed by atoms with Crippen molar-refractivity contribution in [2.24, 2.45) is 0 Å². The fraction of sp³-hybridized carbons (Fsp3) is 0.143. The van der Waals surface area contributed by atoms with Crippen molar-refractivity contribution in [3.05, 3.63) is 57.0 Å². The smallest absolute Gasteiger partial charge is 0.268 e. The third-order valence-electron chi connectivity index (χ3n) is 2.91. The van der Waals surface area contributed by atoms with E-state index in [1.807, 2.05) is 0 Å². The highest BCUT2D eigenvalue weighted by Gasteiger charge is 2.34. The van der Waals surface area contributed by atoms with Crippen LogP contribution in [0.4, 0.5) is 10.5 Å². The molecular formula is C14H12N2O4S. The standard InChI is InChI=1S/C14H12N2O4S/c1-3-6-15-13(17)12(21-14(15)18)8-10-5-4-9(2)11(7-10)16(19)20/h3-5,7-8H,1,6H2,2H3. The maximum absolute atomic E-state index is 12.0. The predicted molar refractivity (Wildman–Crippen MR) is 80.7 cm³/mol. The lowest BCUT2D eigenvalue weighted by Crippen LogP contribution is -2.27. The Morgan fingerprint density at radius 1 is 1.43 bits per heavy atom. The SMILES string of the molecule is C=CCN1C(=O)SC(=Cc2ccc(C)c([N+](=O)[O-])c2)C1=O. The second kappa shape index (κ2) is 5.92. The van der Waals surface area contributed by atoms with Crippen LogP contribution >= 0.6 is 11.8 Å². The van der Waals surface area contributed by atoms with Gasteiger partial charge in [-0.15, -0.1) is 6.58 Å². The highest BCUT2D eigenvalue weighted by Crippen LogP contribution is 2.32. The third-order valence-corrected chi connectivity index (χ3v) is 3.82. The summed E-state index contributed by atoms with van der Waals surface area (Å²) < 4.78 is 0. The van der Waals surface area contributed by atoms with E-state index in [-0.39, 0.29) is 22.4 Å². The van der Waals surface area contributed by atoms with E-state index in [0.29, 0.717) is 11.1 Å². The van der Waals surface area contributed by atoms with Crippen molar-refractivity contribution in [3.63, 3.8) is 0 Å². The Balaban J connectivity index is 2.35. The molecule has 108 valence electrons. The van der Waals surface area contributed by atoms with Crippen LogP contribution < -0.4 is 0 Å². The fourth-order valence-electron chi connectivity index (χ4n) is 1.85. The van der Waals surface area contributed by atoms with Gasteiger partial charge in [0.05, 0.1) is 9.83 Å². The van der Waals surface area contributed by atoms with Gasteiger partial charge in [0.1, 0.15) is 0 Å². The first-order valence-electron chi connectivity index (χ1n) is 6.05. The zero-order valence-corrected chi connectivity index (χ0v) is 12.1. The van der Waals surface area contributed by atoms with Crippen LogP contribution in [0.15, 0.2) is 35.8 Å². The Hall–Kier alpha value is -2.41. The number of rotatable bonds is 4. The zero-order chi connectivity index (χ0) is 15.6. The summed E-state index contributed by atoms with van der Waals surface area (Å²) in [6.45, 7) is 5.28. The summed E-state index contributed by atoms with van der Waals surface area (Å²) in [5.74, 6) is -0.409. The summed E-state index contributed by atoms with van der Waals surface area (Å²) in [4.78, 5) is 35.5. The molecule has 2 rings (SSSR count). The second-order valence-electron chi connectivity index (χ2n) is 4.38. The van der Waals surface area contributed by atoms with E-state index in [4.69, 9.17) is 0 Å². The molecule has 0 radical (unpaired) electrons. The van der Waals surface area contributed by atoms with Crippen molar-refractivity contribution in [2.75, 3.05) is 6.54 Å². The molecule has 0 spiro atoms. The van der Waals surface area contributed by atoms with E-state index in [1.54, 1.807) is 19.1 Å². The summed E-state index contributed by atoms with van der Waals surface area (Å²) in [6, 6.07) is 4.67. The minimum atomic E-state index is -0.476. The second-order valence-corrected chi connectivity index (χ2v) is 5.38. The van der Waals surface area contributed by atoms with E-state index in [1.165, 1.54) is 18.2 Å². The molecule has 0 bridgehead atoms. The highest BCUT2D eigenvalue weighted by molar-refractivity contribution is 8.18. The molecule has 1 aromatic carbocycles. The van der Waals surface area contributed by atoms with Crippen LogP contribution in [-0.2, 0) is 4.79 Å². The summed E-state index contributed by atoms with van der Waals surface area (Å²) in [6.07, 6.45) is 2.95. The van der Waals surface area contributed by atoms with E-state index >= 15 is 0 Å². The molecule has 0 N–H and O–H groups in total. The number of thioether (sulfide) groups is 1. The fourth-order valence-corrected chi connectivity index (χ4v) is 2.70. The quantitative estimate of drug-likeness (QED) is 0.369. The van der Waals surface area contributed by atoms with Crippen molar-refractivity contribution in [1.29, 1.82) is 0 Å². The summed E-state index contributed by atoms with van der Waals surface area (Å²) in [5, 5.41) is 10.5. The minimum Gasteiger partial charge on any atom is -0.268 e. The van der Waals surface area contributed by atoms with Crippen molar-refractivity contribution in [1.82, 2.24) is 4.90 Å². The molecule has 1 fully saturated rings. The number of hydrogen-bond acceptors (Lipinski definition) is 5. The summed E-state index contributed by atoms with van der Waals surface area (Å²) >= 11 is 0.816. The highest BCUT2D eigenvalue weighted by atomic mass is 32.2. The molecular weight excluding hydrogens is 292 g/mol. The zero-order valence-electron chi connectivity index (χ0n) is 11.2. The van der Waals surface area contributed by atoms with Crippen LogP contribution in [0, 0.1) is 17.0 Å². The number of imide groups is 1. The van der Waals surface area contributed by atoms with Gasteiger partial charge >= 0.3 is 0 Å². The topological polar surface area (TPSA) is 80.5 Å². The van der Waals surface area contributed by atoms with Crippen LogP contribution in [-0.4, -0.2) is 27.5 Å². The molecule has 1 heterocycles. The maximum atomic E-state index is 12.0. The normalized spacial score (nSPS) is 16.6. The van der Waals surface area contributed by atoms with Gasteiger partial charge in [0, 0.05) is 18.2 Å². The van der Waals surface area contributed by atoms with Crippen molar-refractivity contribution < 1.29 is 14.5 Å². The lowest BCUT2D eigenvalue weighted by Gasteiger charge is -2.07. The molecule has 0 unspecified atom stereocenters. The minimum absolute atomic E-state index is 0.0194. The van der Waals surface area contributed by atoms with Gasteiger partial charge in [-0.25, -0.2) is 0 Å². The van der Waals surface area contributed by atoms with Crippen LogP contribution in [0.5, 0.6) is 0 Å². The lowest BCUT2D eigenvalue weighted by atomic mass is 10.1. The number of aryl methyl sites for hydroxylation is 1. The Kier molecular flexibility index (Phi) is 4.23. The number of nitrogens with zero attached hydrogens (tertiary/aromatic N) is 2. The number of nitro groups is 1. The van der Waals surface area contributed by atoms with Gasteiger partial charge in [-0.05, 0) is 30.3 Å². The van der Waals surface area contributed by atoms with Crippen LogP contribution in [0.25, 0.3) is 6.08 Å². The molecule has 0 atom stereocenters. The molecule has 7 heteroatoms. The van der Waals surface area contributed by atoms with Gasteiger partial charge in [0.15, 0.2) is 0 Å².